The number of benzene rings is 5. The number of nitro benzene ring substituents is 1. The van der Waals surface area contributed by atoms with Gasteiger partial charge >= 0.3 is 0 Å². The predicted octanol–water partition coefficient (Wildman–Crippen LogP) is 6.11. The van der Waals surface area contributed by atoms with Crippen molar-refractivity contribution in [3.63, 3.8) is 0 Å². The molecule has 0 saturated carbocycles. The maximum atomic E-state index is 13.5. The summed E-state index contributed by atoms with van der Waals surface area (Å²) in [6, 6.07) is 35.6. The van der Waals surface area contributed by atoms with Crippen LogP contribution in [0.4, 0.5) is 10.5 Å². The van der Waals surface area contributed by atoms with Crippen molar-refractivity contribution in [1.82, 2.24) is 14.9 Å². The average molecular weight is 777 g/mol. The van der Waals surface area contributed by atoms with Crippen molar-refractivity contribution >= 4 is 56.5 Å². The number of amides is 4. The van der Waals surface area contributed by atoms with E-state index in [0.717, 1.165) is 45.9 Å². The highest BCUT2D eigenvalue weighted by atomic mass is 32.2. The monoisotopic (exact) mass is 776 g/mol. The van der Waals surface area contributed by atoms with E-state index in [1.54, 1.807) is 42.5 Å². The number of rotatable bonds is 14. The van der Waals surface area contributed by atoms with Gasteiger partial charge in [-0.2, -0.15) is 0 Å². The molecule has 13 nitrogen and oxygen atoms in total. The first-order chi connectivity index (χ1) is 26.4. The number of nitrogens with zero attached hydrogens (tertiary/aromatic N) is 2. The van der Waals surface area contributed by atoms with E-state index in [9.17, 15) is 37.7 Å². The van der Waals surface area contributed by atoms with Crippen molar-refractivity contribution in [2.45, 2.75) is 24.0 Å². The Kier molecular flexibility index (Phi) is 11.8. The van der Waals surface area contributed by atoms with Gasteiger partial charge in [0.05, 0.1) is 14.7 Å². The maximum Gasteiger partial charge on any atom is 0.294 e. The summed E-state index contributed by atoms with van der Waals surface area (Å²) in [6.07, 6.45) is 1.36. The molecule has 0 aliphatic carbocycles. The largest absolute Gasteiger partial charge is 0.489 e. The summed E-state index contributed by atoms with van der Waals surface area (Å²) in [4.78, 5) is 63.8. The third kappa shape index (κ3) is 9.90. The lowest BCUT2D eigenvalue weighted by molar-refractivity contribution is -0.384. The van der Waals surface area contributed by atoms with Crippen LogP contribution in [0.5, 0.6) is 5.75 Å². The first kappa shape index (κ1) is 38.2. The number of nitro groups is 1. The summed E-state index contributed by atoms with van der Waals surface area (Å²) < 4.78 is 33.9. The highest BCUT2D eigenvalue weighted by Gasteiger charge is 2.37. The first-order valence-electron chi connectivity index (χ1n) is 16.7. The molecule has 1 fully saturated rings. The van der Waals surface area contributed by atoms with Crippen molar-refractivity contribution in [3.8, 4) is 16.9 Å². The molecule has 1 atom stereocenters. The molecule has 6 rings (SSSR count). The van der Waals surface area contributed by atoms with Crippen LogP contribution in [0.2, 0.25) is 0 Å². The lowest BCUT2D eigenvalue weighted by Crippen LogP contribution is -2.52. The minimum Gasteiger partial charge on any atom is -0.489 e. The van der Waals surface area contributed by atoms with E-state index in [2.05, 4.69) is 5.32 Å². The number of hydrogen-bond acceptors (Lipinski definition) is 10. The van der Waals surface area contributed by atoms with Crippen LogP contribution in [-0.2, 0) is 37.4 Å². The fourth-order valence-corrected chi connectivity index (χ4v) is 7.35. The quantitative estimate of drug-likeness (QED) is 0.0759. The lowest BCUT2D eigenvalue weighted by atomic mass is 10.0. The fourth-order valence-electron chi connectivity index (χ4n) is 5.49. The van der Waals surface area contributed by atoms with Gasteiger partial charge in [-0.15, -0.1) is 0 Å². The van der Waals surface area contributed by atoms with Gasteiger partial charge in [-0.1, -0.05) is 97.1 Å². The predicted molar refractivity (Wildman–Crippen MR) is 206 cm³/mol. The second kappa shape index (κ2) is 17.0. The number of carbonyl (C=O) groups is 4. The van der Waals surface area contributed by atoms with Crippen molar-refractivity contribution in [2.75, 3.05) is 6.54 Å². The van der Waals surface area contributed by atoms with E-state index in [1.165, 1.54) is 0 Å². The molecule has 0 spiro atoms. The molecule has 0 unspecified atom stereocenters. The van der Waals surface area contributed by atoms with Gasteiger partial charge in [0.25, 0.3) is 32.8 Å². The molecule has 2 N–H and O–H groups in total. The van der Waals surface area contributed by atoms with E-state index in [4.69, 9.17) is 4.74 Å². The molecule has 1 aliphatic rings. The third-order valence-corrected chi connectivity index (χ3v) is 10.6. The number of sulfonamides is 1. The molecule has 1 heterocycles. The van der Waals surface area contributed by atoms with Gasteiger partial charge in [-0.25, -0.2) is 13.1 Å². The Bertz CT molecular complexity index is 2350. The van der Waals surface area contributed by atoms with Crippen LogP contribution in [0.15, 0.2) is 143 Å². The zero-order valence-corrected chi connectivity index (χ0v) is 30.5. The minimum absolute atomic E-state index is 0.100. The summed E-state index contributed by atoms with van der Waals surface area (Å²) in [7, 11) is -4.53. The second-order valence-corrected chi connectivity index (χ2v) is 14.9. The van der Waals surface area contributed by atoms with Gasteiger partial charge in [0.2, 0.25) is 5.91 Å². The Morgan fingerprint density at radius 2 is 1.42 bits per heavy atom. The molecule has 1 saturated heterocycles. The van der Waals surface area contributed by atoms with Crippen molar-refractivity contribution in [1.29, 1.82) is 0 Å². The normalized spacial score (nSPS) is 14.0. The zero-order valence-electron chi connectivity index (χ0n) is 28.9. The number of non-ortho nitro benzene ring substituents is 1. The van der Waals surface area contributed by atoms with Gasteiger partial charge in [0.15, 0.2) is 0 Å². The van der Waals surface area contributed by atoms with Crippen molar-refractivity contribution in [2.24, 2.45) is 0 Å². The molecule has 0 bridgehead atoms. The van der Waals surface area contributed by atoms with E-state index < -0.39 is 55.4 Å². The molecule has 1 aliphatic heterocycles. The number of carbonyl (C=O) groups excluding carboxylic acids is 4. The van der Waals surface area contributed by atoms with E-state index in [-0.39, 0.29) is 17.0 Å². The van der Waals surface area contributed by atoms with E-state index in [0.29, 0.717) is 35.2 Å². The van der Waals surface area contributed by atoms with Crippen LogP contribution in [0.25, 0.3) is 17.2 Å². The Labute approximate surface area is 320 Å². The van der Waals surface area contributed by atoms with Gasteiger partial charge in [-0.05, 0) is 69.9 Å². The van der Waals surface area contributed by atoms with E-state index >= 15 is 0 Å². The molecular weight excluding hydrogens is 745 g/mol. The van der Waals surface area contributed by atoms with Crippen LogP contribution in [0.3, 0.4) is 0 Å². The zero-order chi connectivity index (χ0) is 39.0. The molecule has 5 aromatic rings. The number of hydrogen-bond donors (Lipinski definition) is 2. The summed E-state index contributed by atoms with van der Waals surface area (Å²) in [5.41, 5.74) is 3.77. The summed E-state index contributed by atoms with van der Waals surface area (Å²) in [5.74, 6) is -2.20. The summed E-state index contributed by atoms with van der Waals surface area (Å²) >= 11 is 0.665. The maximum absolute atomic E-state index is 13.5. The lowest BCUT2D eigenvalue weighted by Gasteiger charge is -2.20. The fraction of sp³-hybridized carbons (Fsp3) is 0.100. The van der Waals surface area contributed by atoms with Crippen LogP contribution < -0.4 is 14.8 Å². The van der Waals surface area contributed by atoms with Crippen LogP contribution >= 0.6 is 11.8 Å². The number of imide groups is 1. The van der Waals surface area contributed by atoms with Crippen molar-refractivity contribution in [3.05, 3.63) is 165 Å². The van der Waals surface area contributed by atoms with Gasteiger partial charge < -0.3 is 10.1 Å². The first-order valence-corrected chi connectivity index (χ1v) is 19.0. The summed E-state index contributed by atoms with van der Waals surface area (Å²) in [5, 5.41) is 12.8. The smallest absolute Gasteiger partial charge is 0.294 e. The molecule has 55 heavy (non-hydrogen) atoms. The molecule has 278 valence electrons. The molecule has 4 amide bonds. The standard InChI is InChI=1S/C40H32N4O9S2/c45-37(25-43-39(47)36(54-40(43)48)24-28-11-15-31(16-12-28)30-9-5-2-6-10-30)41-35(38(46)42-55(51,52)34-21-17-32(18-22-34)44(49)50)23-27-13-19-33(20-14-27)53-26-29-7-3-1-4-8-29/h1-22,24,35H,23,25-26H2,(H,41,45)(H,42,46)/t35-/m0/s1. The minimum atomic E-state index is -4.53. The summed E-state index contributed by atoms with van der Waals surface area (Å²) in [6.45, 7) is -0.425. The molecular formula is C40H32N4O9S2. The molecule has 15 heteroatoms. The Hall–Kier alpha value is -6.58. The van der Waals surface area contributed by atoms with E-state index in [1.807, 2.05) is 77.5 Å². The highest BCUT2D eigenvalue weighted by Crippen LogP contribution is 2.32. The average Bonchev–Trinajstić information content (AvgIpc) is 3.45. The SMILES string of the molecule is O=C(CN1C(=O)SC(=Cc2ccc(-c3ccccc3)cc2)C1=O)N[C@@H](Cc1ccc(OCc2ccccc2)cc1)C(=O)NS(=O)(=O)c1ccc([N+](=O)[O-])cc1. The Morgan fingerprint density at radius 3 is 2.05 bits per heavy atom. The van der Waals surface area contributed by atoms with Crippen LogP contribution in [0, 0.1) is 10.1 Å². The third-order valence-electron chi connectivity index (χ3n) is 8.35. The second-order valence-electron chi connectivity index (χ2n) is 12.2. The van der Waals surface area contributed by atoms with Crippen LogP contribution in [0.1, 0.15) is 16.7 Å². The van der Waals surface area contributed by atoms with Gasteiger partial charge in [0.1, 0.15) is 24.9 Å². The highest BCUT2D eigenvalue weighted by molar-refractivity contribution is 8.18. The van der Waals surface area contributed by atoms with Gasteiger partial charge in [0, 0.05) is 18.6 Å². The van der Waals surface area contributed by atoms with Crippen molar-refractivity contribution < 1.29 is 37.3 Å². The molecule has 5 aromatic carbocycles. The molecule has 0 radical (unpaired) electrons. The number of thioether (sulfide) groups is 1. The number of nitrogens with one attached hydrogen (secondary N) is 2. The Morgan fingerprint density at radius 1 is 0.800 bits per heavy atom. The number of ether oxygens (including phenoxy) is 1. The van der Waals surface area contributed by atoms with Crippen LogP contribution in [-0.4, -0.2) is 53.8 Å². The molecule has 0 aromatic heterocycles. The Balaban J connectivity index is 1.15. The topological polar surface area (TPSA) is 182 Å². The van der Waals surface area contributed by atoms with Gasteiger partial charge in [-0.3, -0.25) is 34.2 Å².